The predicted octanol–water partition coefficient (Wildman–Crippen LogP) is 23.3. The van der Waals surface area contributed by atoms with Crippen molar-refractivity contribution < 1.29 is 28.6 Å². The van der Waals surface area contributed by atoms with Gasteiger partial charge in [0.15, 0.2) is 6.10 Å². The van der Waals surface area contributed by atoms with E-state index in [1.54, 1.807) is 0 Å². The molecule has 0 aliphatic carbocycles. The molecule has 0 saturated heterocycles. The van der Waals surface area contributed by atoms with Crippen molar-refractivity contribution in [3.8, 4) is 0 Å². The third-order valence-corrected chi connectivity index (χ3v) is 14.2. The average Bonchev–Trinajstić information content (AvgIpc) is 3.47. The molecule has 460 valence electrons. The molecule has 0 rings (SSSR count). The summed E-state index contributed by atoms with van der Waals surface area (Å²) in [5.41, 5.74) is 0. The maximum absolute atomic E-state index is 12.9. The van der Waals surface area contributed by atoms with Crippen LogP contribution in [0.5, 0.6) is 0 Å². The first kappa shape index (κ1) is 76.5. The van der Waals surface area contributed by atoms with E-state index >= 15 is 0 Å². The molecular formula is C75H124O6. The number of hydrogen-bond donors (Lipinski definition) is 0. The number of allylic oxidation sites excluding steroid dienone is 22. The minimum absolute atomic E-state index is 0.0816. The van der Waals surface area contributed by atoms with Crippen LogP contribution in [-0.2, 0) is 28.6 Å². The zero-order valence-electron chi connectivity index (χ0n) is 52.8. The van der Waals surface area contributed by atoms with Crippen molar-refractivity contribution in [3.05, 3.63) is 134 Å². The van der Waals surface area contributed by atoms with Crippen molar-refractivity contribution in [1.29, 1.82) is 0 Å². The van der Waals surface area contributed by atoms with Crippen molar-refractivity contribution in [3.63, 3.8) is 0 Å². The largest absolute Gasteiger partial charge is 0.462 e. The number of carbonyl (C=O) groups excluding carboxylic acids is 3. The van der Waals surface area contributed by atoms with Crippen LogP contribution in [-0.4, -0.2) is 37.2 Å². The van der Waals surface area contributed by atoms with Gasteiger partial charge in [-0.25, -0.2) is 0 Å². The van der Waals surface area contributed by atoms with Gasteiger partial charge in [0.25, 0.3) is 0 Å². The first-order chi connectivity index (χ1) is 40.0. The summed E-state index contributed by atoms with van der Waals surface area (Å²) in [6.45, 7) is 6.38. The highest BCUT2D eigenvalue weighted by Gasteiger charge is 2.19. The number of hydrogen-bond acceptors (Lipinski definition) is 6. The Bertz CT molecular complexity index is 1720. The van der Waals surface area contributed by atoms with E-state index in [9.17, 15) is 14.4 Å². The lowest BCUT2D eigenvalue weighted by Gasteiger charge is -2.18. The molecular weight excluding hydrogens is 997 g/mol. The summed E-state index contributed by atoms with van der Waals surface area (Å²) in [6.07, 6.45) is 96.4. The van der Waals surface area contributed by atoms with Crippen LogP contribution in [0.2, 0.25) is 0 Å². The van der Waals surface area contributed by atoms with Gasteiger partial charge < -0.3 is 14.2 Å². The molecule has 0 bridgehead atoms. The summed E-state index contributed by atoms with van der Waals surface area (Å²) in [4.78, 5) is 38.1. The first-order valence-corrected chi connectivity index (χ1v) is 33.7. The molecule has 0 heterocycles. The van der Waals surface area contributed by atoms with Gasteiger partial charge in [-0.15, -0.1) is 0 Å². The Morgan fingerprint density at radius 3 is 0.753 bits per heavy atom. The van der Waals surface area contributed by atoms with Gasteiger partial charge in [-0.2, -0.15) is 0 Å². The topological polar surface area (TPSA) is 78.9 Å². The van der Waals surface area contributed by atoms with Crippen LogP contribution in [0.1, 0.15) is 303 Å². The second-order valence-electron chi connectivity index (χ2n) is 22.0. The molecule has 0 aromatic heterocycles. The van der Waals surface area contributed by atoms with Crippen LogP contribution < -0.4 is 0 Å². The monoisotopic (exact) mass is 1120 g/mol. The first-order valence-electron chi connectivity index (χ1n) is 33.7. The van der Waals surface area contributed by atoms with E-state index in [1.807, 2.05) is 0 Å². The average molecular weight is 1120 g/mol. The smallest absolute Gasteiger partial charge is 0.306 e. The molecule has 0 aromatic rings. The molecule has 0 aliphatic heterocycles. The fourth-order valence-electron chi connectivity index (χ4n) is 9.18. The van der Waals surface area contributed by atoms with Gasteiger partial charge in [0.1, 0.15) is 13.2 Å². The molecule has 1 unspecified atom stereocenters. The molecule has 0 N–H and O–H groups in total. The fourth-order valence-corrected chi connectivity index (χ4v) is 9.18. The number of ether oxygens (including phenoxy) is 3. The van der Waals surface area contributed by atoms with E-state index in [0.717, 1.165) is 135 Å². The van der Waals surface area contributed by atoms with Crippen LogP contribution in [0.25, 0.3) is 0 Å². The molecule has 6 heteroatoms. The van der Waals surface area contributed by atoms with Crippen molar-refractivity contribution in [2.24, 2.45) is 0 Å². The van der Waals surface area contributed by atoms with Crippen molar-refractivity contribution in [1.82, 2.24) is 0 Å². The van der Waals surface area contributed by atoms with Gasteiger partial charge in [0, 0.05) is 19.3 Å². The van der Waals surface area contributed by atoms with Gasteiger partial charge in [-0.05, 0) is 116 Å². The maximum atomic E-state index is 12.9. The number of carbonyl (C=O) groups is 3. The Morgan fingerprint density at radius 2 is 0.481 bits per heavy atom. The number of unbranched alkanes of at least 4 members (excludes halogenated alkanes) is 27. The van der Waals surface area contributed by atoms with Crippen LogP contribution in [0.3, 0.4) is 0 Å². The second kappa shape index (κ2) is 68.1. The quantitative estimate of drug-likeness (QED) is 0.0261. The lowest BCUT2D eigenvalue weighted by molar-refractivity contribution is -0.167. The van der Waals surface area contributed by atoms with Crippen LogP contribution in [0.4, 0.5) is 0 Å². The van der Waals surface area contributed by atoms with E-state index in [-0.39, 0.29) is 31.1 Å². The molecule has 1 atom stereocenters. The summed E-state index contributed by atoms with van der Waals surface area (Å²) in [7, 11) is 0. The standard InChI is InChI=1S/C75H124O6/c1-4-7-10-13-16-18-20-22-24-26-28-30-31-32-33-34-35-36-37-38-39-40-41-42-43-45-46-48-50-52-54-56-59-62-65-68-74(77)80-71-72(70-79-73(76)67-64-61-58-15-12-9-6-3)81-75(78)69-66-63-60-57-55-53-51-49-47-44-29-27-25-23-21-19-17-14-11-8-5-2/h7-8,10-11,16-19,22-25,28-30,32-33,35-36,38-39,44,72H,4-6,9,12-15,20-21,26-27,31,34,37,40-43,45-71H2,1-3H3/b10-7-,11-8-,18-16-,19-17-,24-22-,25-23-,30-28-,33-32-,36-35-,39-38-,44-29-. The molecule has 0 amide bonds. The lowest BCUT2D eigenvalue weighted by atomic mass is 10.0. The lowest BCUT2D eigenvalue weighted by Crippen LogP contribution is -2.30. The third kappa shape index (κ3) is 66.2. The Balaban J connectivity index is 4.09. The zero-order valence-corrected chi connectivity index (χ0v) is 52.8. The summed E-state index contributed by atoms with van der Waals surface area (Å²) in [6, 6.07) is 0. The molecule has 0 aromatic carbocycles. The number of rotatable bonds is 60. The van der Waals surface area contributed by atoms with Crippen molar-refractivity contribution >= 4 is 17.9 Å². The van der Waals surface area contributed by atoms with Gasteiger partial charge in [-0.1, -0.05) is 302 Å². The van der Waals surface area contributed by atoms with Gasteiger partial charge in [-0.3, -0.25) is 14.4 Å². The van der Waals surface area contributed by atoms with E-state index in [1.165, 1.54) is 128 Å². The highest BCUT2D eigenvalue weighted by molar-refractivity contribution is 5.71. The summed E-state index contributed by atoms with van der Waals surface area (Å²) in [5.74, 6) is -0.893. The Hall–Kier alpha value is -4.45. The fraction of sp³-hybridized carbons (Fsp3) is 0.667. The predicted molar refractivity (Wildman–Crippen MR) is 353 cm³/mol. The molecule has 0 saturated carbocycles. The molecule has 81 heavy (non-hydrogen) atoms. The number of esters is 3. The van der Waals surface area contributed by atoms with Crippen LogP contribution in [0, 0.1) is 0 Å². The second-order valence-corrected chi connectivity index (χ2v) is 22.0. The Kier molecular flexibility index (Phi) is 64.3. The molecule has 0 spiro atoms. The van der Waals surface area contributed by atoms with Gasteiger partial charge >= 0.3 is 17.9 Å². The normalized spacial score (nSPS) is 13.0. The maximum Gasteiger partial charge on any atom is 0.306 e. The van der Waals surface area contributed by atoms with E-state index in [2.05, 4.69) is 154 Å². The molecule has 0 radical (unpaired) electrons. The van der Waals surface area contributed by atoms with E-state index in [0.29, 0.717) is 19.3 Å². The molecule has 0 fully saturated rings. The molecule has 6 nitrogen and oxygen atoms in total. The van der Waals surface area contributed by atoms with Crippen LogP contribution >= 0.6 is 0 Å². The minimum Gasteiger partial charge on any atom is -0.462 e. The minimum atomic E-state index is -0.783. The van der Waals surface area contributed by atoms with Crippen molar-refractivity contribution in [2.75, 3.05) is 13.2 Å². The highest BCUT2D eigenvalue weighted by atomic mass is 16.6. The van der Waals surface area contributed by atoms with Gasteiger partial charge in [0.05, 0.1) is 0 Å². The summed E-state index contributed by atoms with van der Waals surface area (Å²) < 4.78 is 16.8. The zero-order chi connectivity index (χ0) is 58.5. The van der Waals surface area contributed by atoms with Gasteiger partial charge in [0.2, 0.25) is 0 Å². The van der Waals surface area contributed by atoms with E-state index in [4.69, 9.17) is 14.2 Å². The Labute approximate surface area is 500 Å². The van der Waals surface area contributed by atoms with E-state index < -0.39 is 6.10 Å². The van der Waals surface area contributed by atoms with Crippen LogP contribution in [0.15, 0.2) is 134 Å². The molecule has 0 aliphatic rings. The summed E-state index contributed by atoms with van der Waals surface area (Å²) >= 11 is 0. The summed E-state index contributed by atoms with van der Waals surface area (Å²) in [5, 5.41) is 0. The SMILES string of the molecule is CC/C=C\C/C=C\C/C=C\C/C=C\C/C=C\C/C=C\C/C=C\CCCCCCCCCCCCCCCC(=O)OCC(COC(=O)CCCCCCCCC)OC(=O)CCCCCCCCCC/C=C\C/C=C\C/C=C\C/C=C\CC. The third-order valence-electron chi connectivity index (χ3n) is 14.2. The van der Waals surface area contributed by atoms with Crippen molar-refractivity contribution in [2.45, 2.75) is 309 Å². The highest BCUT2D eigenvalue weighted by Crippen LogP contribution is 2.16. The Morgan fingerprint density at radius 1 is 0.259 bits per heavy atom.